The molecule has 3 rings (SSSR count). The average Bonchev–Trinajstić information content (AvgIpc) is 3.35. The van der Waals surface area contributed by atoms with Crippen molar-refractivity contribution in [3.8, 4) is 11.5 Å². The number of nitrogens with zero attached hydrogens (tertiary/aromatic N) is 2. The van der Waals surface area contributed by atoms with Crippen LogP contribution in [0.3, 0.4) is 0 Å². The van der Waals surface area contributed by atoms with Gasteiger partial charge in [0.1, 0.15) is 6.04 Å². The molecule has 0 bridgehead atoms. The van der Waals surface area contributed by atoms with Crippen molar-refractivity contribution in [2.24, 2.45) is 5.92 Å². The molecule has 1 unspecified atom stereocenters. The number of ether oxygens (including phenoxy) is 1. The monoisotopic (exact) mass is 504 g/mol. The Labute approximate surface area is 206 Å². The van der Waals surface area contributed by atoms with Gasteiger partial charge in [-0.05, 0) is 68.1 Å². The van der Waals surface area contributed by atoms with Gasteiger partial charge < -0.3 is 19.8 Å². The number of aromatic nitrogens is 2. The molecule has 0 aliphatic heterocycles. The lowest BCUT2D eigenvalue weighted by Gasteiger charge is -2.15. The molecule has 1 aromatic heterocycles. The highest BCUT2D eigenvalue weighted by atomic mass is 19.4. The van der Waals surface area contributed by atoms with Crippen molar-refractivity contribution < 1.29 is 31.9 Å². The SMILES string of the molecule is CCOC(=O)[C@@H](C)NC(=O)c1ccc(NCC(C)Cc2ccc(-c3nnc(C(F)(F)F)o3)cc2)cc1. The summed E-state index contributed by atoms with van der Waals surface area (Å²) in [6.45, 7) is 6.23. The van der Waals surface area contributed by atoms with Crippen LogP contribution in [0.25, 0.3) is 11.5 Å². The van der Waals surface area contributed by atoms with E-state index >= 15 is 0 Å². The molecule has 0 fully saturated rings. The van der Waals surface area contributed by atoms with Gasteiger partial charge in [-0.2, -0.15) is 13.2 Å². The highest BCUT2D eigenvalue weighted by molar-refractivity contribution is 5.96. The third kappa shape index (κ3) is 7.30. The number of esters is 1. The fraction of sp³-hybridized carbons (Fsp3) is 0.360. The first-order valence-electron chi connectivity index (χ1n) is 11.4. The smallest absolute Gasteiger partial charge is 0.464 e. The molecule has 36 heavy (non-hydrogen) atoms. The van der Waals surface area contributed by atoms with Gasteiger partial charge in [-0.1, -0.05) is 19.1 Å². The number of benzene rings is 2. The van der Waals surface area contributed by atoms with Gasteiger partial charge in [-0.3, -0.25) is 4.79 Å². The molecule has 0 aliphatic carbocycles. The maximum atomic E-state index is 12.6. The second-order valence-electron chi connectivity index (χ2n) is 8.32. The molecule has 11 heteroatoms. The van der Waals surface area contributed by atoms with Gasteiger partial charge in [-0.25, -0.2) is 4.79 Å². The van der Waals surface area contributed by atoms with Crippen LogP contribution in [0.1, 0.15) is 42.6 Å². The summed E-state index contributed by atoms with van der Waals surface area (Å²) in [7, 11) is 0. The van der Waals surface area contributed by atoms with E-state index in [0.717, 1.165) is 17.7 Å². The molecule has 8 nitrogen and oxygen atoms in total. The number of alkyl halides is 3. The van der Waals surface area contributed by atoms with E-state index in [9.17, 15) is 22.8 Å². The minimum Gasteiger partial charge on any atom is -0.464 e. The maximum absolute atomic E-state index is 12.6. The van der Waals surface area contributed by atoms with Crippen molar-refractivity contribution >= 4 is 17.6 Å². The summed E-state index contributed by atoms with van der Waals surface area (Å²) in [6.07, 6.45) is -3.94. The molecule has 1 heterocycles. The molecule has 1 amide bonds. The van der Waals surface area contributed by atoms with E-state index in [1.165, 1.54) is 0 Å². The topological polar surface area (TPSA) is 106 Å². The highest BCUT2D eigenvalue weighted by Crippen LogP contribution is 2.30. The predicted octanol–water partition coefficient (Wildman–Crippen LogP) is 4.73. The lowest BCUT2D eigenvalue weighted by Crippen LogP contribution is -2.39. The van der Waals surface area contributed by atoms with E-state index in [4.69, 9.17) is 9.15 Å². The summed E-state index contributed by atoms with van der Waals surface area (Å²) in [4.78, 5) is 24.0. The first kappa shape index (κ1) is 26.7. The minimum absolute atomic E-state index is 0.184. The van der Waals surface area contributed by atoms with Crippen LogP contribution in [0.4, 0.5) is 18.9 Å². The Hall–Kier alpha value is -3.89. The van der Waals surface area contributed by atoms with Crippen molar-refractivity contribution in [2.45, 2.75) is 39.4 Å². The van der Waals surface area contributed by atoms with Crippen LogP contribution in [0, 0.1) is 5.92 Å². The van der Waals surface area contributed by atoms with Gasteiger partial charge in [-0.15, -0.1) is 10.2 Å². The number of anilines is 1. The van der Waals surface area contributed by atoms with Gasteiger partial charge in [0.25, 0.3) is 5.91 Å². The highest BCUT2D eigenvalue weighted by Gasteiger charge is 2.38. The zero-order valence-electron chi connectivity index (χ0n) is 20.1. The Morgan fingerprint density at radius 1 is 1.03 bits per heavy atom. The van der Waals surface area contributed by atoms with Crippen LogP contribution >= 0.6 is 0 Å². The van der Waals surface area contributed by atoms with Crippen LogP contribution in [-0.2, 0) is 22.1 Å². The molecule has 3 aromatic rings. The number of hydrogen-bond donors (Lipinski definition) is 2. The fourth-order valence-corrected chi connectivity index (χ4v) is 3.35. The third-order valence-electron chi connectivity index (χ3n) is 5.24. The Balaban J connectivity index is 1.48. The van der Waals surface area contributed by atoms with Crippen molar-refractivity contribution in [3.05, 3.63) is 65.5 Å². The Morgan fingerprint density at radius 3 is 2.28 bits per heavy atom. The maximum Gasteiger partial charge on any atom is 0.470 e. The summed E-state index contributed by atoms with van der Waals surface area (Å²) in [5, 5.41) is 12.4. The van der Waals surface area contributed by atoms with Gasteiger partial charge in [0, 0.05) is 23.4 Å². The van der Waals surface area contributed by atoms with Crippen molar-refractivity contribution in [2.75, 3.05) is 18.5 Å². The van der Waals surface area contributed by atoms with E-state index in [0.29, 0.717) is 17.7 Å². The van der Waals surface area contributed by atoms with Gasteiger partial charge in [0.05, 0.1) is 6.61 Å². The van der Waals surface area contributed by atoms with Crippen LogP contribution in [0.5, 0.6) is 0 Å². The van der Waals surface area contributed by atoms with Gasteiger partial charge >= 0.3 is 18.0 Å². The summed E-state index contributed by atoms with van der Waals surface area (Å²) in [6, 6.07) is 13.1. The van der Waals surface area contributed by atoms with E-state index < -0.39 is 24.1 Å². The normalized spacial score (nSPS) is 13.1. The number of carbonyl (C=O) groups is 2. The summed E-state index contributed by atoms with van der Waals surface area (Å²) < 4.78 is 47.5. The van der Waals surface area contributed by atoms with Crippen LogP contribution in [0.2, 0.25) is 0 Å². The largest absolute Gasteiger partial charge is 0.470 e. The van der Waals surface area contributed by atoms with Crippen molar-refractivity contribution in [1.82, 2.24) is 15.5 Å². The first-order valence-corrected chi connectivity index (χ1v) is 11.4. The second-order valence-corrected chi connectivity index (χ2v) is 8.32. The van der Waals surface area contributed by atoms with Crippen LogP contribution in [0.15, 0.2) is 52.9 Å². The number of rotatable bonds is 10. The van der Waals surface area contributed by atoms with Gasteiger partial charge in [0.2, 0.25) is 5.89 Å². The lowest BCUT2D eigenvalue weighted by atomic mass is 10.00. The van der Waals surface area contributed by atoms with Gasteiger partial charge in [0.15, 0.2) is 0 Å². The molecule has 2 atom stereocenters. The van der Waals surface area contributed by atoms with Crippen LogP contribution in [-0.4, -0.2) is 41.3 Å². The quantitative estimate of drug-likeness (QED) is 0.385. The van der Waals surface area contributed by atoms with E-state index in [2.05, 4.69) is 27.8 Å². The Kier molecular flexibility index (Phi) is 8.68. The zero-order valence-corrected chi connectivity index (χ0v) is 20.1. The molecular formula is C25H27F3N4O4. The second kappa shape index (κ2) is 11.7. The molecule has 0 aliphatic rings. The molecule has 0 saturated carbocycles. The first-order chi connectivity index (χ1) is 17.1. The molecule has 2 N–H and O–H groups in total. The summed E-state index contributed by atoms with van der Waals surface area (Å²) in [5.74, 6) is -2.17. The minimum atomic E-state index is -4.68. The third-order valence-corrected chi connectivity index (χ3v) is 5.24. The molecule has 2 aromatic carbocycles. The average molecular weight is 505 g/mol. The van der Waals surface area contributed by atoms with Crippen molar-refractivity contribution in [1.29, 1.82) is 0 Å². The molecule has 0 radical (unpaired) electrons. The fourth-order valence-electron chi connectivity index (χ4n) is 3.35. The van der Waals surface area contributed by atoms with Crippen molar-refractivity contribution in [3.63, 3.8) is 0 Å². The summed E-state index contributed by atoms with van der Waals surface area (Å²) >= 11 is 0. The Morgan fingerprint density at radius 2 is 1.69 bits per heavy atom. The standard InChI is InChI=1S/C25H27F3N4O4/c1-4-35-23(34)16(3)30-21(33)18-9-11-20(12-10-18)29-14-15(2)13-17-5-7-19(8-6-17)22-31-32-24(36-22)25(26,27)28/h5-12,15-16,29H,4,13-14H2,1-3H3,(H,30,33)/t15?,16-/m1/s1. The number of carbonyl (C=O) groups excluding carboxylic acids is 2. The molecule has 0 spiro atoms. The van der Waals surface area contributed by atoms with Crippen LogP contribution < -0.4 is 10.6 Å². The summed E-state index contributed by atoms with van der Waals surface area (Å²) in [5.41, 5.74) is 2.68. The number of nitrogens with one attached hydrogen (secondary N) is 2. The van der Waals surface area contributed by atoms with E-state index in [1.807, 2.05) is 12.1 Å². The van der Waals surface area contributed by atoms with E-state index in [-0.39, 0.29) is 24.3 Å². The predicted molar refractivity (Wildman–Crippen MR) is 126 cm³/mol. The molecule has 0 saturated heterocycles. The lowest BCUT2D eigenvalue weighted by molar-refractivity contribution is -0.157. The zero-order chi connectivity index (χ0) is 26.3. The molecular weight excluding hydrogens is 477 g/mol. The molecule has 192 valence electrons. The number of amides is 1. The van der Waals surface area contributed by atoms with E-state index in [1.54, 1.807) is 50.2 Å². The number of hydrogen-bond acceptors (Lipinski definition) is 7. The Bertz CT molecular complexity index is 1160. The number of halogens is 3.